The number of amides is 3. The predicted molar refractivity (Wildman–Crippen MR) is 173 cm³/mol. The van der Waals surface area contributed by atoms with Gasteiger partial charge in [0.1, 0.15) is 25.8 Å². The van der Waals surface area contributed by atoms with Crippen LogP contribution in [0.2, 0.25) is 0 Å². The third kappa shape index (κ3) is 10.0. The van der Waals surface area contributed by atoms with Gasteiger partial charge in [-0.15, -0.1) is 6.58 Å². The van der Waals surface area contributed by atoms with E-state index in [9.17, 15) is 28.7 Å². The van der Waals surface area contributed by atoms with E-state index in [-0.39, 0.29) is 115 Å². The second-order valence-electron chi connectivity index (χ2n) is 11.7. The summed E-state index contributed by atoms with van der Waals surface area (Å²) in [5.74, 6) is 0.0834. The summed E-state index contributed by atoms with van der Waals surface area (Å²) < 4.78 is 26.7. The molecule has 12 nitrogen and oxygen atoms in total. The first-order valence-electron chi connectivity index (χ1n) is 15.6. The molecule has 2 heterocycles. The molecule has 15 heteroatoms. The number of fused-ring (bicyclic) bond motifs is 1. The first kappa shape index (κ1) is 41.8. The van der Waals surface area contributed by atoms with Crippen molar-refractivity contribution in [3.63, 3.8) is 0 Å². The number of benzene rings is 3. The maximum atomic E-state index is 14.3. The van der Waals surface area contributed by atoms with Crippen LogP contribution >= 0.6 is 7.82 Å². The Balaban J connectivity index is 0.00000338. The number of nitrogens with zero attached hydrogens (tertiary/aromatic N) is 3. The van der Waals surface area contributed by atoms with E-state index in [2.05, 4.69) is 11.1 Å². The van der Waals surface area contributed by atoms with Gasteiger partial charge in [0, 0.05) is 37.4 Å². The largest absolute Gasteiger partial charge is 1.00 e. The Labute approximate surface area is 336 Å². The maximum absolute atomic E-state index is 14.3. The number of phosphoric acid groups is 1. The molecule has 3 atom stereocenters. The number of aryl methyl sites for hydroxylation is 1. The molecule has 0 bridgehead atoms. The second kappa shape index (κ2) is 18.7. The zero-order chi connectivity index (χ0) is 34.4. The van der Waals surface area contributed by atoms with E-state index in [0.717, 1.165) is 5.56 Å². The maximum Gasteiger partial charge on any atom is 1.00 e. The van der Waals surface area contributed by atoms with Gasteiger partial charge < -0.3 is 43.0 Å². The topological polar surface area (TPSA) is 152 Å². The number of methoxy groups -OCH3 is 2. The number of para-hydroxylation sites is 1. The van der Waals surface area contributed by atoms with Crippen LogP contribution in [0.1, 0.15) is 36.0 Å². The van der Waals surface area contributed by atoms with E-state index in [0.29, 0.717) is 35.5 Å². The number of ether oxygens (including phenoxy) is 2. The van der Waals surface area contributed by atoms with E-state index in [1.807, 2.05) is 36.4 Å². The van der Waals surface area contributed by atoms with Crippen molar-refractivity contribution >= 4 is 25.5 Å². The molecule has 3 aromatic carbocycles. The molecule has 2 fully saturated rings. The van der Waals surface area contributed by atoms with Crippen molar-refractivity contribution in [2.75, 3.05) is 20.8 Å². The van der Waals surface area contributed by atoms with E-state index in [1.165, 1.54) is 43.4 Å². The average Bonchev–Trinajstić information content (AvgIpc) is 3.06. The molecule has 3 amide bonds. The van der Waals surface area contributed by atoms with Crippen LogP contribution < -0.4 is 82.9 Å². The van der Waals surface area contributed by atoms with E-state index in [4.69, 9.17) is 9.47 Å². The van der Waals surface area contributed by atoms with E-state index in [1.54, 1.807) is 28.0 Å². The minimum absolute atomic E-state index is 0. The van der Waals surface area contributed by atoms with Gasteiger partial charge in [-0.25, -0.2) is 0 Å². The Hall–Kier alpha value is -2.64. The summed E-state index contributed by atoms with van der Waals surface area (Å²) in [6, 6.07) is 19.3. The van der Waals surface area contributed by atoms with Crippen LogP contribution in [-0.2, 0) is 38.3 Å². The molecule has 0 unspecified atom stereocenters. The molecule has 50 heavy (non-hydrogen) atoms. The predicted octanol–water partition coefficient (Wildman–Crippen LogP) is -3.16. The zero-order valence-electron chi connectivity index (χ0n) is 28.9. The normalized spacial score (nSPS) is 18.7. The number of carbonyl (C=O) groups is 3. The van der Waals surface area contributed by atoms with Gasteiger partial charge in [0.2, 0.25) is 17.7 Å². The Bertz CT molecular complexity index is 1690. The summed E-state index contributed by atoms with van der Waals surface area (Å²) in [5, 5.41) is 0. The molecule has 0 spiro atoms. The number of carbonyl (C=O) groups excluding carboxylic acids is 3. The Morgan fingerprint density at radius 2 is 1.66 bits per heavy atom. The van der Waals surface area contributed by atoms with Crippen molar-refractivity contribution in [3.05, 3.63) is 102 Å². The van der Waals surface area contributed by atoms with E-state index >= 15 is 0 Å². The van der Waals surface area contributed by atoms with Crippen LogP contribution in [0.15, 0.2) is 85.5 Å². The number of phosphoric ester groups is 1. The van der Waals surface area contributed by atoms with Gasteiger partial charge in [0.15, 0.2) is 11.5 Å². The number of hydrogen-bond donors (Lipinski definition) is 0. The van der Waals surface area contributed by atoms with Crippen LogP contribution in [0.25, 0.3) is 0 Å². The number of piperazine rings is 1. The van der Waals surface area contributed by atoms with Gasteiger partial charge in [0.05, 0.1) is 20.8 Å². The molecule has 0 saturated carbocycles. The van der Waals surface area contributed by atoms with Crippen molar-refractivity contribution in [3.8, 4) is 17.2 Å². The molecule has 254 valence electrons. The van der Waals surface area contributed by atoms with Crippen LogP contribution in [0.3, 0.4) is 0 Å². The fourth-order valence-electron chi connectivity index (χ4n) is 6.56. The number of hydrogen-bond acceptors (Lipinski definition) is 9. The quantitative estimate of drug-likeness (QED) is 0.101. The number of rotatable bonds is 13. The van der Waals surface area contributed by atoms with Gasteiger partial charge in [-0.1, -0.05) is 60.7 Å². The van der Waals surface area contributed by atoms with Crippen molar-refractivity contribution < 1.29 is 102 Å². The fraction of sp³-hybridized carbons (Fsp3) is 0.343. The van der Waals surface area contributed by atoms with Crippen molar-refractivity contribution in [2.24, 2.45) is 0 Å². The Morgan fingerprint density at radius 3 is 2.28 bits per heavy atom. The third-order valence-corrected chi connectivity index (χ3v) is 9.10. The van der Waals surface area contributed by atoms with Crippen molar-refractivity contribution in [2.45, 2.75) is 56.9 Å². The Morgan fingerprint density at radius 1 is 0.960 bits per heavy atom. The smallest absolute Gasteiger partial charge is 0.780 e. The first-order chi connectivity index (χ1) is 23.0. The molecule has 2 aliphatic rings. The second-order valence-corrected chi connectivity index (χ2v) is 12.8. The van der Waals surface area contributed by atoms with E-state index < -0.39 is 26.1 Å². The average molecular weight is 722 g/mol. The summed E-state index contributed by atoms with van der Waals surface area (Å²) >= 11 is 0. The molecule has 0 radical (unpaired) electrons. The van der Waals surface area contributed by atoms with Gasteiger partial charge in [-0.3, -0.25) is 14.4 Å². The van der Waals surface area contributed by atoms with Gasteiger partial charge in [-0.2, -0.15) is 0 Å². The summed E-state index contributed by atoms with van der Waals surface area (Å²) in [4.78, 5) is 69.4. The minimum atomic E-state index is -5.26. The van der Waals surface area contributed by atoms with Crippen LogP contribution in [0, 0.1) is 0 Å². The molecule has 5 rings (SSSR count). The van der Waals surface area contributed by atoms with Gasteiger partial charge >= 0.3 is 59.1 Å². The monoisotopic (exact) mass is 721 g/mol. The SMILES string of the molecule is C=CC[C@@H]1CC(=O)N2[C@H](CN(Cc3cccc(OC)c3OC)C(=O)[C@@H]2Cc2ccc(OP(=O)([O-])[O-])cc2)N1C(=O)CCc1ccccc1.[Na+].[Na+]. The minimum Gasteiger partial charge on any atom is -0.780 e. The molecule has 2 saturated heterocycles. The summed E-state index contributed by atoms with van der Waals surface area (Å²) in [6.07, 6.45) is 2.16. The first-order valence-corrected chi connectivity index (χ1v) is 17.1. The summed E-state index contributed by atoms with van der Waals surface area (Å²) in [6.45, 7) is 4.07. The molecule has 0 aliphatic carbocycles. The molecular weight excluding hydrogens is 683 g/mol. The van der Waals surface area contributed by atoms with Crippen molar-refractivity contribution in [1.29, 1.82) is 0 Å². The molecule has 3 aromatic rings. The molecule has 2 aliphatic heterocycles. The Kier molecular flexibility index (Phi) is 15.7. The summed E-state index contributed by atoms with van der Waals surface area (Å²) in [7, 11) is -2.22. The van der Waals surface area contributed by atoms with Crippen LogP contribution in [0.4, 0.5) is 0 Å². The molecule has 0 N–H and O–H groups in total. The van der Waals surface area contributed by atoms with Gasteiger partial charge in [0.25, 0.3) is 0 Å². The third-order valence-electron chi connectivity index (χ3n) is 8.66. The zero-order valence-corrected chi connectivity index (χ0v) is 33.8. The standard InChI is InChI=1S/C35H40N3O9P.2Na/c1-4-9-27-21-33(40)38-29(20-25-14-17-28(18-15-25)47-48(42,43)44)35(41)36(22-26-12-8-13-30(45-2)34(26)46-3)23-31(38)37(27)32(39)19-16-24-10-6-5-7-11-24;;/h4-8,10-15,17-18,27,29,31H,1,9,16,19-23H2,2-3H3,(H2,42,43,44);;/q;2*+1/p-2/t27-,29+,31-;;/m1../s1. The molecular formula is C35H38N3Na2O9P. The van der Waals surface area contributed by atoms with Crippen LogP contribution in [0.5, 0.6) is 17.2 Å². The summed E-state index contributed by atoms with van der Waals surface area (Å²) in [5.41, 5.74) is 2.29. The fourth-order valence-corrected chi connectivity index (χ4v) is 6.94. The van der Waals surface area contributed by atoms with Crippen LogP contribution in [-0.4, -0.2) is 71.4 Å². The molecule has 0 aromatic heterocycles. The van der Waals surface area contributed by atoms with Crippen molar-refractivity contribution in [1.82, 2.24) is 14.7 Å². The van der Waals surface area contributed by atoms with Gasteiger partial charge in [-0.05, 0) is 42.2 Å².